The van der Waals surface area contributed by atoms with Gasteiger partial charge in [0.15, 0.2) is 0 Å². The van der Waals surface area contributed by atoms with Crippen molar-refractivity contribution in [3.8, 4) is 11.3 Å². The van der Waals surface area contributed by atoms with Crippen LogP contribution in [0.5, 0.6) is 0 Å². The number of hydrogen-bond donors (Lipinski definition) is 1. The molecular weight excluding hydrogens is 485 g/mol. The maximum absolute atomic E-state index is 12.9. The number of halogens is 4. The Hall–Kier alpha value is -3.39. The van der Waals surface area contributed by atoms with Crippen LogP contribution in [0, 0.1) is 0 Å². The fourth-order valence-electron chi connectivity index (χ4n) is 3.29. The number of amides is 1. The first-order valence-electron chi connectivity index (χ1n) is 9.57. The topological polar surface area (TPSA) is 54.6 Å². The van der Waals surface area contributed by atoms with Crippen molar-refractivity contribution in [1.82, 2.24) is 5.43 Å². The number of furan rings is 1. The minimum absolute atomic E-state index is 0.138. The van der Waals surface area contributed by atoms with Crippen molar-refractivity contribution < 1.29 is 22.4 Å². The van der Waals surface area contributed by atoms with E-state index in [9.17, 15) is 18.0 Å². The standard InChI is InChI=1S/C24H16BrF3N2O2/c25-21-10-8-15(19-6-1-2-7-20(19)21)13-23(31)30-29-14-18-9-11-22(32-18)16-4-3-5-17(12-16)24(26,27)28/h1-12,14H,13H2,(H,30,31)/b29-14-. The lowest BCUT2D eigenvalue weighted by Crippen LogP contribution is -2.19. The second-order valence-electron chi connectivity index (χ2n) is 7.00. The van der Waals surface area contributed by atoms with Crippen molar-refractivity contribution in [2.75, 3.05) is 0 Å². The van der Waals surface area contributed by atoms with Gasteiger partial charge in [-0.15, -0.1) is 0 Å². The summed E-state index contributed by atoms with van der Waals surface area (Å²) in [5.41, 5.74) is 2.85. The van der Waals surface area contributed by atoms with Gasteiger partial charge >= 0.3 is 6.18 Å². The second-order valence-corrected chi connectivity index (χ2v) is 7.86. The first-order valence-corrected chi connectivity index (χ1v) is 10.4. The second kappa shape index (κ2) is 9.00. The Balaban J connectivity index is 1.42. The highest BCUT2D eigenvalue weighted by atomic mass is 79.9. The molecule has 8 heteroatoms. The maximum Gasteiger partial charge on any atom is 0.416 e. The molecule has 1 amide bonds. The van der Waals surface area contributed by atoms with E-state index in [2.05, 4.69) is 26.5 Å². The molecule has 1 N–H and O–H groups in total. The number of nitrogens with one attached hydrogen (secondary N) is 1. The fourth-order valence-corrected chi connectivity index (χ4v) is 3.76. The Labute approximate surface area is 189 Å². The van der Waals surface area contributed by atoms with Crippen LogP contribution in [0.3, 0.4) is 0 Å². The zero-order valence-electron chi connectivity index (χ0n) is 16.5. The molecule has 0 saturated carbocycles. The maximum atomic E-state index is 12.9. The predicted molar refractivity (Wildman–Crippen MR) is 120 cm³/mol. The SMILES string of the molecule is O=C(Cc1ccc(Br)c2ccccc12)N/N=C\c1ccc(-c2cccc(C(F)(F)F)c2)o1. The first-order chi connectivity index (χ1) is 15.3. The molecule has 0 aliphatic heterocycles. The average Bonchev–Trinajstić information content (AvgIpc) is 3.24. The number of carbonyl (C=O) groups is 1. The van der Waals surface area contributed by atoms with Gasteiger partial charge in [0.1, 0.15) is 11.5 Å². The van der Waals surface area contributed by atoms with E-state index in [1.807, 2.05) is 36.4 Å². The molecule has 1 heterocycles. The van der Waals surface area contributed by atoms with E-state index >= 15 is 0 Å². The Morgan fingerprint density at radius 2 is 1.78 bits per heavy atom. The van der Waals surface area contributed by atoms with Gasteiger partial charge in [0.05, 0.1) is 18.2 Å². The van der Waals surface area contributed by atoms with Crippen molar-refractivity contribution in [2.24, 2.45) is 5.10 Å². The van der Waals surface area contributed by atoms with Gasteiger partial charge in [-0.25, -0.2) is 5.43 Å². The van der Waals surface area contributed by atoms with Crippen LogP contribution in [0.1, 0.15) is 16.9 Å². The third-order valence-corrected chi connectivity index (χ3v) is 5.49. The quantitative estimate of drug-likeness (QED) is 0.248. The summed E-state index contributed by atoms with van der Waals surface area (Å²) in [6.07, 6.45) is -3.00. The molecule has 1 aromatic heterocycles. The molecule has 0 radical (unpaired) electrons. The number of rotatable bonds is 5. The van der Waals surface area contributed by atoms with Crippen LogP contribution in [0.2, 0.25) is 0 Å². The minimum atomic E-state index is -4.43. The van der Waals surface area contributed by atoms with Gasteiger partial charge in [-0.05, 0) is 46.7 Å². The number of nitrogens with zero attached hydrogens (tertiary/aromatic N) is 1. The van der Waals surface area contributed by atoms with Gasteiger partial charge in [0.25, 0.3) is 0 Å². The Bertz CT molecular complexity index is 1310. The molecule has 162 valence electrons. The molecule has 32 heavy (non-hydrogen) atoms. The highest BCUT2D eigenvalue weighted by Gasteiger charge is 2.30. The number of hydrazone groups is 1. The monoisotopic (exact) mass is 500 g/mol. The molecule has 0 atom stereocenters. The van der Waals surface area contributed by atoms with E-state index in [0.717, 1.165) is 32.9 Å². The largest absolute Gasteiger partial charge is 0.455 e. The van der Waals surface area contributed by atoms with E-state index in [-0.39, 0.29) is 18.1 Å². The average molecular weight is 501 g/mol. The van der Waals surface area contributed by atoms with E-state index in [4.69, 9.17) is 4.42 Å². The molecule has 0 unspecified atom stereocenters. The van der Waals surface area contributed by atoms with Gasteiger partial charge in [0.2, 0.25) is 5.91 Å². The van der Waals surface area contributed by atoms with Gasteiger partial charge < -0.3 is 4.42 Å². The normalized spacial score (nSPS) is 11.9. The third kappa shape index (κ3) is 4.91. The molecule has 4 aromatic rings. The van der Waals surface area contributed by atoms with E-state index in [1.165, 1.54) is 18.3 Å². The number of benzene rings is 3. The van der Waals surface area contributed by atoms with Crippen LogP contribution in [0.4, 0.5) is 13.2 Å². The summed E-state index contributed by atoms with van der Waals surface area (Å²) in [4.78, 5) is 12.3. The van der Waals surface area contributed by atoms with Crippen molar-refractivity contribution in [1.29, 1.82) is 0 Å². The summed E-state index contributed by atoms with van der Waals surface area (Å²) in [6, 6.07) is 19.5. The molecule has 0 bridgehead atoms. The van der Waals surface area contributed by atoms with E-state index in [0.29, 0.717) is 11.3 Å². The summed E-state index contributed by atoms with van der Waals surface area (Å²) in [7, 11) is 0. The van der Waals surface area contributed by atoms with Crippen molar-refractivity contribution in [3.05, 3.63) is 94.2 Å². The first kappa shape index (κ1) is 21.8. The van der Waals surface area contributed by atoms with Gasteiger partial charge in [-0.2, -0.15) is 18.3 Å². The molecule has 0 saturated heterocycles. The van der Waals surface area contributed by atoms with E-state index < -0.39 is 11.7 Å². The summed E-state index contributed by atoms with van der Waals surface area (Å²) in [6.45, 7) is 0. The third-order valence-electron chi connectivity index (χ3n) is 4.79. The summed E-state index contributed by atoms with van der Waals surface area (Å²) in [5, 5.41) is 5.87. The Kier molecular flexibility index (Phi) is 6.14. The summed E-state index contributed by atoms with van der Waals surface area (Å²) in [5.74, 6) is 0.260. The zero-order valence-corrected chi connectivity index (χ0v) is 18.1. The van der Waals surface area contributed by atoms with Crippen LogP contribution < -0.4 is 5.43 Å². The molecular formula is C24H16BrF3N2O2. The summed E-state index contributed by atoms with van der Waals surface area (Å²) >= 11 is 3.51. The summed E-state index contributed by atoms with van der Waals surface area (Å²) < 4.78 is 45.2. The van der Waals surface area contributed by atoms with Crippen molar-refractivity contribution >= 4 is 38.8 Å². The number of carbonyl (C=O) groups excluding carboxylic acids is 1. The Morgan fingerprint density at radius 3 is 2.56 bits per heavy atom. The van der Waals surface area contributed by atoms with Crippen LogP contribution in [0.15, 0.2) is 86.8 Å². The highest BCUT2D eigenvalue weighted by Crippen LogP contribution is 2.32. The molecule has 0 spiro atoms. The molecule has 3 aromatic carbocycles. The number of fused-ring (bicyclic) bond motifs is 1. The lowest BCUT2D eigenvalue weighted by atomic mass is 10.0. The molecule has 4 nitrogen and oxygen atoms in total. The molecule has 0 fully saturated rings. The smallest absolute Gasteiger partial charge is 0.416 e. The lowest BCUT2D eigenvalue weighted by Gasteiger charge is -2.07. The zero-order chi connectivity index (χ0) is 22.7. The van der Waals surface area contributed by atoms with Crippen LogP contribution in [0.25, 0.3) is 22.1 Å². The molecule has 0 aliphatic rings. The van der Waals surface area contributed by atoms with Crippen molar-refractivity contribution in [3.63, 3.8) is 0 Å². The van der Waals surface area contributed by atoms with Gasteiger partial charge in [-0.3, -0.25) is 4.79 Å². The van der Waals surface area contributed by atoms with Crippen LogP contribution in [-0.2, 0) is 17.4 Å². The number of hydrogen-bond acceptors (Lipinski definition) is 3. The van der Waals surface area contributed by atoms with Crippen LogP contribution in [-0.4, -0.2) is 12.1 Å². The molecule has 0 aliphatic carbocycles. The molecule has 4 rings (SSSR count). The predicted octanol–water partition coefficient (Wildman–Crippen LogP) is 6.57. The van der Waals surface area contributed by atoms with Crippen LogP contribution >= 0.6 is 15.9 Å². The van der Waals surface area contributed by atoms with Gasteiger partial charge in [-0.1, -0.05) is 58.4 Å². The van der Waals surface area contributed by atoms with Crippen molar-refractivity contribution in [2.45, 2.75) is 12.6 Å². The lowest BCUT2D eigenvalue weighted by molar-refractivity contribution is -0.137. The number of alkyl halides is 3. The van der Waals surface area contributed by atoms with E-state index in [1.54, 1.807) is 12.1 Å². The minimum Gasteiger partial charge on any atom is -0.455 e. The highest BCUT2D eigenvalue weighted by molar-refractivity contribution is 9.10. The Morgan fingerprint density at radius 1 is 1.00 bits per heavy atom. The van der Waals surface area contributed by atoms with Gasteiger partial charge in [0, 0.05) is 10.0 Å². The fraction of sp³-hybridized carbons (Fsp3) is 0.0833.